The fourth-order valence-corrected chi connectivity index (χ4v) is 2.35. The minimum absolute atomic E-state index is 0.295. The van der Waals surface area contributed by atoms with E-state index in [9.17, 15) is 19.6 Å². The zero-order valence-corrected chi connectivity index (χ0v) is 18.2. The maximum Gasteiger partial charge on any atom is 0.488 e. The van der Waals surface area contributed by atoms with Gasteiger partial charge in [0.15, 0.2) is 0 Å². The predicted molar refractivity (Wildman–Crippen MR) is 112 cm³/mol. The molecule has 0 unspecified atom stereocenters. The monoisotopic (exact) mass is 408 g/mol. The highest BCUT2D eigenvalue weighted by Crippen LogP contribution is 2.13. The molecule has 3 N–H and O–H groups in total. The van der Waals surface area contributed by atoms with Gasteiger partial charge in [0.25, 0.3) is 0 Å². The number of amides is 2. The highest BCUT2D eigenvalue weighted by molar-refractivity contribution is 6.58. The Morgan fingerprint density at radius 2 is 1.55 bits per heavy atom. The van der Waals surface area contributed by atoms with Crippen molar-refractivity contribution >= 4 is 24.8 Å². The lowest BCUT2D eigenvalue weighted by molar-refractivity contribution is 0.0231. The zero-order chi connectivity index (χ0) is 22.2. The molecule has 29 heavy (non-hydrogen) atoms. The van der Waals surface area contributed by atoms with Crippen molar-refractivity contribution in [3.8, 4) is 0 Å². The smallest absolute Gasteiger partial charge is 0.444 e. The lowest BCUT2D eigenvalue weighted by atomic mass is 9.80. The summed E-state index contributed by atoms with van der Waals surface area (Å²) < 4.78 is 10.7. The molecule has 0 aromatic heterocycles. The predicted octanol–water partition coefficient (Wildman–Crippen LogP) is 2.02. The molecule has 0 spiro atoms. The molecular weight excluding hydrogens is 375 g/mol. The summed E-state index contributed by atoms with van der Waals surface area (Å²) in [6.45, 7) is 11.8. The summed E-state index contributed by atoms with van der Waals surface area (Å²) in [5.41, 5.74) is -0.00454. The Labute approximate surface area is 173 Å². The van der Waals surface area contributed by atoms with Crippen LogP contribution in [0, 0.1) is 0 Å². The minimum atomic E-state index is -1.54. The van der Waals surface area contributed by atoms with Crippen LogP contribution in [0.1, 0.15) is 53.5 Å². The average Bonchev–Trinajstić information content (AvgIpc) is 2.54. The van der Waals surface area contributed by atoms with Crippen LogP contribution in [0.5, 0.6) is 0 Å². The van der Waals surface area contributed by atoms with Gasteiger partial charge in [-0.15, -0.1) is 0 Å². The van der Waals surface area contributed by atoms with Gasteiger partial charge in [0.2, 0.25) is 0 Å². The van der Waals surface area contributed by atoms with Gasteiger partial charge in [0, 0.05) is 19.6 Å². The van der Waals surface area contributed by atoms with E-state index in [1.165, 1.54) is 0 Å². The second kappa shape index (κ2) is 10.5. The van der Waals surface area contributed by atoms with Gasteiger partial charge in [-0.2, -0.15) is 0 Å². The van der Waals surface area contributed by atoms with Gasteiger partial charge in [-0.05, 0) is 59.0 Å². The highest BCUT2D eigenvalue weighted by Gasteiger charge is 2.23. The van der Waals surface area contributed by atoms with Gasteiger partial charge in [-0.1, -0.05) is 24.3 Å². The van der Waals surface area contributed by atoms with Crippen molar-refractivity contribution in [3.05, 3.63) is 29.8 Å². The van der Waals surface area contributed by atoms with Crippen molar-refractivity contribution in [2.45, 2.75) is 65.7 Å². The number of benzene rings is 1. The molecule has 0 aliphatic heterocycles. The first-order valence-corrected chi connectivity index (χ1v) is 9.66. The van der Waals surface area contributed by atoms with Crippen molar-refractivity contribution < 1.29 is 29.1 Å². The number of alkyl carbamates (subject to hydrolysis) is 1. The van der Waals surface area contributed by atoms with Gasteiger partial charge in [0.05, 0.1) is 0 Å². The van der Waals surface area contributed by atoms with E-state index in [-0.39, 0.29) is 0 Å². The van der Waals surface area contributed by atoms with E-state index < -0.39 is 30.5 Å². The third-order valence-electron chi connectivity index (χ3n) is 3.58. The molecule has 0 saturated heterocycles. The first-order chi connectivity index (χ1) is 13.3. The summed E-state index contributed by atoms with van der Waals surface area (Å²) in [5, 5.41) is 21.1. The molecule has 162 valence electrons. The molecule has 0 aliphatic rings. The first-order valence-electron chi connectivity index (χ1n) is 9.66. The van der Waals surface area contributed by atoms with Crippen LogP contribution in [-0.2, 0) is 16.0 Å². The molecular formula is C20H33BN2O6. The summed E-state index contributed by atoms with van der Waals surface area (Å²) in [5.74, 6) is 0. The normalized spacial score (nSPS) is 11.6. The Morgan fingerprint density at radius 1 is 1.00 bits per heavy atom. The average molecular weight is 408 g/mol. The van der Waals surface area contributed by atoms with Gasteiger partial charge < -0.3 is 29.7 Å². The lowest BCUT2D eigenvalue weighted by Gasteiger charge is -2.27. The largest absolute Gasteiger partial charge is 0.488 e. The van der Waals surface area contributed by atoms with Crippen molar-refractivity contribution in [1.29, 1.82) is 0 Å². The summed E-state index contributed by atoms with van der Waals surface area (Å²) in [6.07, 6.45) is -0.438. The number of hydrogen-bond donors (Lipinski definition) is 3. The summed E-state index contributed by atoms with van der Waals surface area (Å²) >= 11 is 0. The van der Waals surface area contributed by atoms with Crippen LogP contribution in [0.25, 0.3) is 0 Å². The highest BCUT2D eigenvalue weighted by atomic mass is 16.6. The molecule has 8 nitrogen and oxygen atoms in total. The topological polar surface area (TPSA) is 108 Å². The molecule has 1 aromatic rings. The Morgan fingerprint density at radius 3 is 2.03 bits per heavy atom. The summed E-state index contributed by atoms with van der Waals surface area (Å²) in [7, 11) is -1.54. The van der Waals surface area contributed by atoms with E-state index in [0.29, 0.717) is 31.5 Å². The standard InChI is InChI=1S/C20H33BN2O6/c1-19(2,3)28-17(24)22-12-7-13-23(18(25)29-20(4,5)6)14-15-8-10-16(11-9-15)21(26)27/h8-11,26-27H,7,12-14H2,1-6H3,(H,22,24). The number of nitrogens with zero attached hydrogens (tertiary/aromatic N) is 1. The minimum Gasteiger partial charge on any atom is -0.444 e. The molecule has 1 aromatic carbocycles. The van der Waals surface area contributed by atoms with Crippen LogP contribution >= 0.6 is 0 Å². The number of carbonyl (C=O) groups is 2. The summed E-state index contributed by atoms with van der Waals surface area (Å²) in [4.78, 5) is 25.8. The van der Waals surface area contributed by atoms with Gasteiger partial charge in [-0.3, -0.25) is 0 Å². The Bertz CT molecular complexity index is 665. The third-order valence-corrected chi connectivity index (χ3v) is 3.58. The van der Waals surface area contributed by atoms with E-state index in [1.807, 2.05) is 0 Å². The van der Waals surface area contributed by atoms with E-state index in [4.69, 9.17) is 9.47 Å². The molecule has 0 bridgehead atoms. The zero-order valence-electron chi connectivity index (χ0n) is 18.2. The lowest BCUT2D eigenvalue weighted by Crippen LogP contribution is -2.39. The van der Waals surface area contributed by atoms with Crippen molar-refractivity contribution in [2.75, 3.05) is 13.1 Å². The van der Waals surface area contributed by atoms with Crippen LogP contribution in [0.15, 0.2) is 24.3 Å². The molecule has 0 aliphatic carbocycles. The number of hydrogen-bond acceptors (Lipinski definition) is 6. The molecule has 0 atom stereocenters. The third kappa shape index (κ3) is 10.8. The maximum absolute atomic E-state index is 12.6. The molecule has 0 heterocycles. The van der Waals surface area contributed by atoms with Gasteiger partial charge in [-0.25, -0.2) is 9.59 Å². The number of nitrogens with one attached hydrogen (secondary N) is 1. The molecule has 0 saturated carbocycles. The fraction of sp³-hybridized carbons (Fsp3) is 0.600. The van der Waals surface area contributed by atoms with E-state index in [0.717, 1.165) is 5.56 Å². The molecule has 0 radical (unpaired) electrons. The maximum atomic E-state index is 12.6. The SMILES string of the molecule is CC(C)(C)OC(=O)NCCCN(Cc1ccc(B(O)O)cc1)C(=O)OC(C)(C)C. The molecule has 1 rings (SSSR count). The van der Waals surface area contributed by atoms with Crippen LogP contribution in [-0.4, -0.2) is 58.5 Å². The Hall–Kier alpha value is -2.26. The first kappa shape index (κ1) is 24.8. The van der Waals surface area contributed by atoms with Crippen LogP contribution in [0.3, 0.4) is 0 Å². The van der Waals surface area contributed by atoms with E-state index >= 15 is 0 Å². The van der Waals surface area contributed by atoms with E-state index in [2.05, 4.69) is 5.32 Å². The number of rotatable bonds is 7. The van der Waals surface area contributed by atoms with Gasteiger partial charge >= 0.3 is 19.3 Å². The van der Waals surface area contributed by atoms with Gasteiger partial charge in [0.1, 0.15) is 11.2 Å². The number of carbonyl (C=O) groups excluding carboxylic acids is 2. The molecule has 2 amide bonds. The van der Waals surface area contributed by atoms with E-state index in [1.54, 1.807) is 70.7 Å². The Balaban J connectivity index is 2.68. The second-order valence-electron chi connectivity index (χ2n) is 8.80. The molecule has 0 fully saturated rings. The second-order valence-corrected chi connectivity index (χ2v) is 8.80. The van der Waals surface area contributed by atoms with Crippen LogP contribution in [0.2, 0.25) is 0 Å². The van der Waals surface area contributed by atoms with Crippen LogP contribution < -0.4 is 10.8 Å². The quantitative estimate of drug-likeness (QED) is 0.471. The Kier molecular flexibility index (Phi) is 8.97. The molecule has 9 heteroatoms. The van der Waals surface area contributed by atoms with Crippen molar-refractivity contribution in [2.24, 2.45) is 0 Å². The fourth-order valence-electron chi connectivity index (χ4n) is 2.35. The van der Waals surface area contributed by atoms with Crippen molar-refractivity contribution in [1.82, 2.24) is 10.2 Å². The van der Waals surface area contributed by atoms with Crippen molar-refractivity contribution in [3.63, 3.8) is 0 Å². The summed E-state index contributed by atoms with van der Waals surface area (Å²) in [6, 6.07) is 6.64. The van der Waals surface area contributed by atoms with Crippen LogP contribution in [0.4, 0.5) is 9.59 Å². The number of ether oxygens (including phenoxy) is 2.